The molecule has 5 heteroatoms. The Hall–Kier alpha value is -1.75. The number of aryl methyl sites for hydroxylation is 1. The van der Waals surface area contributed by atoms with E-state index in [9.17, 15) is 4.39 Å². The van der Waals surface area contributed by atoms with E-state index in [1.54, 1.807) is 19.1 Å². The van der Waals surface area contributed by atoms with E-state index in [0.717, 1.165) is 5.56 Å². The van der Waals surface area contributed by atoms with Crippen LogP contribution in [0.3, 0.4) is 0 Å². The SMILES string of the molecule is Cc1nnc(C(N)c2ccc(F)cc2)o1. The Morgan fingerprint density at radius 1 is 1.27 bits per heavy atom. The fraction of sp³-hybridized carbons (Fsp3) is 0.200. The zero-order chi connectivity index (χ0) is 10.8. The smallest absolute Gasteiger partial charge is 0.237 e. The predicted molar refractivity (Wildman–Crippen MR) is 51.5 cm³/mol. The Morgan fingerprint density at radius 3 is 2.47 bits per heavy atom. The second kappa shape index (κ2) is 3.78. The Balaban J connectivity index is 2.28. The molecule has 1 heterocycles. The van der Waals surface area contributed by atoms with Crippen molar-refractivity contribution in [1.82, 2.24) is 10.2 Å². The van der Waals surface area contributed by atoms with E-state index < -0.39 is 6.04 Å². The first-order valence-electron chi connectivity index (χ1n) is 4.48. The number of hydrogen-bond donors (Lipinski definition) is 1. The molecule has 1 aromatic heterocycles. The Labute approximate surface area is 85.9 Å². The number of nitrogens with two attached hydrogens (primary N) is 1. The quantitative estimate of drug-likeness (QED) is 0.811. The number of halogens is 1. The van der Waals surface area contributed by atoms with Crippen molar-refractivity contribution in [3.05, 3.63) is 47.4 Å². The minimum absolute atomic E-state index is 0.298. The molecule has 0 radical (unpaired) electrons. The number of rotatable bonds is 2. The van der Waals surface area contributed by atoms with Crippen molar-refractivity contribution in [1.29, 1.82) is 0 Å². The summed E-state index contributed by atoms with van der Waals surface area (Å²) in [5.41, 5.74) is 6.60. The number of hydrogen-bond acceptors (Lipinski definition) is 4. The van der Waals surface area contributed by atoms with E-state index in [4.69, 9.17) is 10.2 Å². The molecule has 0 spiro atoms. The third-order valence-electron chi connectivity index (χ3n) is 2.04. The van der Waals surface area contributed by atoms with Gasteiger partial charge >= 0.3 is 0 Å². The van der Waals surface area contributed by atoms with Gasteiger partial charge in [-0.2, -0.15) is 0 Å². The van der Waals surface area contributed by atoms with Crippen molar-refractivity contribution in [3.8, 4) is 0 Å². The van der Waals surface area contributed by atoms with Crippen LogP contribution in [0.25, 0.3) is 0 Å². The molecule has 2 aromatic rings. The molecule has 2 rings (SSSR count). The van der Waals surface area contributed by atoms with Gasteiger partial charge in [0.05, 0.1) is 0 Å². The molecule has 0 aliphatic carbocycles. The molecule has 2 N–H and O–H groups in total. The summed E-state index contributed by atoms with van der Waals surface area (Å²) < 4.78 is 17.9. The molecule has 78 valence electrons. The third kappa shape index (κ3) is 2.02. The summed E-state index contributed by atoms with van der Waals surface area (Å²) in [4.78, 5) is 0. The normalized spacial score (nSPS) is 12.7. The Kier molecular flexibility index (Phi) is 2.47. The molecular weight excluding hydrogens is 197 g/mol. The van der Waals surface area contributed by atoms with E-state index in [0.29, 0.717) is 11.8 Å². The molecule has 4 nitrogen and oxygen atoms in total. The van der Waals surface area contributed by atoms with Gasteiger partial charge in [-0.15, -0.1) is 10.2 Å². The van der Waals surface area contributed by atoms with Crippen molar-refractivity contribution in [2.24, 2.45) is 5.73 Å². The fourth-order valence-corrected chi connectivity index (χ4v) is 1.25. The maximum absolute atomic E-state index is 12.7. The lowest BCUT2D eigenvalue weighted by Gasteiger charge is -2.06. The van der Waals surface area contributed by atoms with Crippen LogP contribution in [0.15, 0.2) is 28.7 Å². The van der Waals surface area contributed by atoms with Crippen LogP contribution in [0.2, 0.25) is 0 Å². The maximum Gasteiger partial charge on any atom is 0.237 e. The standard InChI is InChI=1S/C10H10FN3O/c1-6-13-14-10(15-6)9(12)7-2-4-8(11)5-3-7/h2-5,9H,12H2,1H3. The lowest BCUT2D eigenvalue weighted by atomic mass is 10.1. The highest BCUT2D eigenvalue weighted by atomic mass is 19.1. The van der Waals surface area contributed by atoms with Crippen LogP contribution in [0.5, 0.6) is 0 Å². The third-order valence-corrected chi connectivity index (χ3v) is 2.04. The van der Waals surface area contributed by atoms with Crippen LogP contribution in [0.4, 0.5) is 4.39 Å². The molecule has 0 fully saturated rings. The monoisotopic (exact) mass is 207 g/mol. The van der Waals surface area contributed by atoms with Gasteiger partial charge < -0.3 is 10.2 Å². The van der Waals surface area contributed by atoms with Gasteiger partial charge in [0.2, 0.25) is 11.8 Å². The van der Waals surface area contributed by atoms with Crippen LogP contribution in [-0.4, -0.2) is 10.2 Å². The summed E-state index contributed by atoms with van der Waals surface area (Å²) in [6, 6.07) is 5.38. The summed E-state index contributed by atoms with van der Waals surface area (Å²) in [6.07, 6.45) is 0. The highest BCUT2D eigenvalue weighted by Crippen LogP contribution is 2.18. The topological polar surface area (TPSA) is 64.9 Å². The highest BCUT2D eigenvalue weighted by Gasteiger charge is 2.14. The molecule has 0 saturated carbocycles. The highest BCUT2D eigenvalue weighted by molar-refractivity contribution is 5.23. The van der Waals surface area contributed by atoms with E-state index in [2.05, 4.69) is 10.2 Å². The minimum Gasteiger partial charge on any atom is -0.424 e. The molecule has 0 aliphatic heterocycles. The molecule has 0 bridgehead atoms. The average Bonchev–Trinajstić information content (AvgIpc) is 2.65. The number of benzene rings is 1. The molecule has 0 aliphatic rings. The van der Waals surface area contributed by atoms with Gasteiger partial charge in [-0.05, 0) is 17.7 Å². The van der Waals surface area contributed by atoms with E-state index in [1.807, 2.05) is 0 Å². The molecule has 1 aromatic carbocycles. The fourth-order valence-electron chi connectivity index (χ4n) is 1.25. The molecule has 0 amide bonds. The summed E-state index contributed by atoms with van der Waals surface area (Å²) >= 11 is 0. The molecule has 0 saturated heterocycles. The van der Waals surface area contributed by atoms with Gasteiger partial charge in [0.25, 0.3) is 0 Å². The Bertz CT molecular complexity index is 452. The van der Waals surface area contributed by atoms with Crippen molar-refractivity contribution in [2.45, 2.75) is 13.0 Å². The lowest BCUT2D eigenvalue weighted by molar-refractivity contribution is 0.450. The van der Waals surface area contributed by atoms with Crippen LogP contribution in [0, 0.1) is 12.7 Å². The molecular formula is C10H10FN3O. The van der Waals surface area contributed by atoms with Crippen LogP contribution >= 0.6 is 0 Å². The van der Waals surface area contributed by atoms with Crippen LogP contribution < -0.4 is 5.73 Å². The predicted octanol–water partition coefficient (Wildman–Crippen LogP) is 1.57. The largest absolute Gasteiger partial charge is 0.424 e. The van der Waals surface area contributed by atoms with Gasteiger partial charge in [0, 0.05) is 6.92 Å². The zero-order valence-electron chi connectivity index (χ0n) is 8.14. The number of aromatic nitrogens is 2. The first-order chi connectivity index (χ1) is 7.16. The Morgan fingerprint density at radius 2 is 1.93 bits per heavy atom. The molecule has 15 heavy (non-hydrogen) atoms. The zero-order valence-corrected chi connectivity index (χ0v) is 8.14. The second-order valence-electron chi connectivity index (χ2n) is 3.19. The molecule has 1 atom stereocenters. The van der Waals surface area contributed by atoms with Crippen molar-refractivity contribution < 1.29 is 8.81 Å². The summed E-state index contributed by atoms with van der Waals surface area (Å²) in [5.74, 6) is 0.495. The van der Waals surface area contributed by atoms with Gasteiger partial charge in [-0.3, -0.25) is 0 Å². The van der Waals surface area contributed by atoms with Gasteiger partial charge in [-0.1, -0.05) is 12.1 Å². The van der Waals surface area contributed by atoms with Crippen LogP contribution in [-0.2, 0) is 0 Å². The van der Waals surface area contributed by atoms with E-state index in [-0.39, 0.29) is 5.82 Å². The van der Waals surface area contributed by atoms with Crippen molar-refractivity contribution in [3.63, 3.8) is 0 Å². The summed E-state index contributed by atoms with van der Waals surface area (Å²) in [6.45, 7) is 1.69. The molecule has 1 unspecified atom stereocenters. The second-order valence-corrected chi connectivity index (χ2v) is 3.19. The maximum atomic E-state index is 12.7. The first-order valence-corrected chi connectivity index (χ1v) is 4.48. The van der Waals surface area contributed by atoms with Crippen molar-refractivity contribution in [2.75, 3.05) is 0 Å². The first kappa shape index (κ1) is 9.79. The lowest BCUT2D eigenvalue weighted by Crippen LogP contribution is -2.12. The van der Waals surface area contributed by atoms with Gasteiger partial charge in [-0.25, -0.2) is 4.39 Å². The summed E-state index contributed by atoms with van der Waals surface area (Å²) in [7, 11) is 0. The van der Waals surface area contributed by atoms with Crippen molar-refractivity contribution >= 4 is 0 Å². The van der Waals surface area contributed by atoms with Gasteiger partial charge in [0.1, 0.15) is 11.9 Å². The average molecular weight is 207 g/mol. The minimum atomic E-state index is -0.508. The summed E-state index contributed by atoms with van der Waals surface area (Å²) in [5, 5.41) is 7.49. The van der Waals surface area contributed by atoms with Gasteiger partial charge in [0.15, 0.2) is 0 Å². The van der Waals surface area contributed by atoms with E-state index >= 15 is 0 Å². The van der Waals surface area contributed by atoms with E-state index in [1.165, 1.54) is 12.1 Å². The number of nitrogens with zero attached hydrogens (tertiary/aromatic N) is 2. The van der Waals surface area contributed by atoms with Crippen LogP contribution in [0.1, 0.15) is 23.4 Å².